The van der Waals surface area contributed by atoms with Crippen molar-refractivity contribution in [2.24, 2.45) is 0 Å². The Morgan fingerprint density at radius 2 is 1.89 bits per heavy atom. The van der Waals surface area contributed by atoms with E-state index >= 15 is 0 Å². The second-order valence-corrected chi connectivity index (χ2v) is 7.05. The summed E-state index contributed by atoms with van der Waals surface area (Å²) in [5.41, 5.74) is 0.860. The van der Waals surface area contributed by atoms with Crippen LogP contribution in [0, 0.1) is 0 Å². The predicted molar refractivity (Wildman–Crippen MR) is 109 cm³/mol. The molecule has 1 aromatic rings. The van der Waals surface area contributed by atoms with Crippen LogP contribution >= 0.6 is 0 Å². The van der Waals surface area contributed by atoms with Crippen molar-refractivity contribution in [3.63, 3.8) is 0 Å². The van der Waals surface area contributed by atoms with Gasteiger partial charge in [0.1, 0.15) is 24.5 Å². The number of hydrogen-bond donors (Lipinski definition) is 2. The molecule has 0 spiro atoms. The highest BCUT2D eigenvalue weighted by Gasteiger charge is 2.23. The first-order valence-corrected chi connectivity index (χ1v) is 9.07. The Kier molecular flexibility index (Phi) is 9.24. The highest BCUT2D eigenvalue weighted by Crippen LogP contribution is 2.17. The minimum absolute atomic E-state index is 0.00565. The number of nitrogens with zero attached hydrogens (tertiary/aromatic N) is 1. The fraction of sp³-hybridized carbons (Fsp3) is 0.429. The molecule has 1 aromatic carbocycles. The first kappa shape index (κ1) is 23.2. The number of benzene rings is 1. The minimum Gasteiger partial charge on any atom is -0.489 e. The molecule has 0 fully saturated rings. The molecule has 154 valence electrons. The molecule has 0 saturated heterocycles. The number of aliphatic hydroxyl groups excluding tert-OH is 1. The summed E-state index contributed by atoms with van der Waals surface area (Å²) in [5.74, 6) is 0.269. The van der Waals surface area contributed by atoms with Gasteiger partial charge in [-0.15, -0.1) is 0 Å². The maximum absolute atomic E-state index is 12.3. The summed E-state index contributed by atoms with van der Waals surface area (Å²) in [4.78, 5) is 25.6. The van der Waals surface area contributed by atoms with E-state index in [-0.39, 0.29) is 19.7 Å². The molecule has 0 atom stereocenters. The highest BCUT2D eigenvalue weighted by molar-refractivity contribution is 5.93. The Hall–Kier alpha value is -2.80. The summed E-state index contributed by atoms with van der Waals surface area (Å²) in [5, 5.41) is 11.8. The number of hydrogen-bond acceptors (Lipinski definition) is 5. The van der Waals surface area contributed by atoms with Crippen LogP contribution in [0.2, 0.25) is 0 Å². The molecule has 7 heteroatoms. The largest absolute Gasteiger partial charge is 0.489 e. The van der Waals surface area contributed by atoms with Crippen LogP contribution in [-0.4, -0.2) is 53.9 Å². The van der Waals surface area contributed by atoms with Gasteiger partial charge in [0.05, 0.1) is 6.61 Å². The smallest absolute Gasteiger partial charge is 0.410 e. The van der Waals surface area contributed by atoms with Crippen molar-refractivity contribution in [2.75, 3.05) is 31.6 Å². The van der Waals surface area contributed by atoms with Crippen LogP contribution < -0.4 is 10.1 Å². The Bertz CT molecular complexity index is 690. The van der Waals surface area contributed by atoms with E-state index in [1.807, 2.05) is 13.0 Å². The zero-order valence-corrected chi connectivity index (χ0v) is 17.0. The Labute approximate surface area is 166 Å². The van der Waals surface area contributed by atoms with Crippen LogP contribution in [0.5, 0.6) is 5.75 Å². The molecule has 0 aromatic heterocycles. The van der Waals surface area contributed by atoms with Gasteiger partial charge in [0.15, 0.2) is 0 Å². The zero-order valence-electron chi connectivity index (χ0n) is 17.0. The SMILES string of the molecule is C=C/C(=C\C)COc1ccc(NC(=O)CN(CCO)C(=O)OC(C)(C)C)cc1. The van der Waals surface area contributed by atoms with Gasteiger partial charge in [-0.05, 0) is 57.5 Å². The molecule has 2 amide bonds. The van der Waals surface area contributed by atoms with Crippen molar-refractivity contribution >= 4 is 17.7 Å². The van der Waals surface area contributed by atoms with E-state index in [0.717, 1.165) is 10.5 Å². The standard InChI is InChI=1S/C21H30N2O5/c1-6-16(7-2)15-27-18-10-8-17(9-11-18)22-19(25)14-23(12-13-24)20(26)28-21(3,4)5/h6-11,24H,1,12-15H2,2-5H3,(H,22,25)/b16-7+. The van der Waals surface area contributed by atoms with E-state index in [2.05, 4.69) is 11.9 Å². The molecule has 0 aliphatic carbocycles. The van der Waals surface area contributed by atoms with Crippen LogP contribution in [0.1, 0.15) is 27.7 Å². The summed E-state index contributed by atoms with van der Waals surface area (Å²) in [7, 11) is 0. The topological polar surface area (TPSA) is 88.1 Å². The second-order valence-electron chi connectivity index (χ2n) is 7.05. The average Bonchev–Trinajstić information content (AvgIpc) is 2.62. The molecule has 0 aliphatic rings. The first-order chi connectivity index (χ1) is 13.2. The van der Waals surface area contributed by atoms with E-state index in [4.69, 9.17) is 14.6 Å². The van der Waals surface area contributed by atoms with Crippen molar-refractivity contribution in [3.8, 4) is 5.75 Å². The van der Waals surface area contributed by atoms with Gasteiger partial charge in [-0.2, -0.15) is 0 Å². The number of nitrogens with one attached hydrogen (secondary N) is 1. The number of carbonyl (C=O) groups excluding carboxylic acids is 2. The maximum Gasteiger partial charge on any atom is 0.410 e. The Morgan fingerprint density at radius 1 is 1.25 bits per heavy atom. The summed E-state index contributed by atoms with van der Waals surface area (Å²) >= 11 is 0. The van der Waals surface area contributed by atoms with Crippen LogP contribution in [0.15, 0.2) is 48.6 Å². The number of amides is 2. The van der Waals surface area contributed by atoms with Gasteiger partial charge in [0.25, 0.3) is 0 Å². The first-order valence-electron chi connectivity index (χ1n) is 9.07. The van der Waals surface area contributed by atoms with E-state index < -0.39 is 17.6 Å². The predicted octanol–water partition coefficient (Wildman–Crippen LogP) is 3.37. The van der Waals surface area contributed by atoms with Crippen LogP contribution in [0.3, 0.4) is 0 Å². The van der Waals surface area contributed by atoms with Crippen molar-refractivity contribution < 1.29 is 24.2 Å². The molecule has 28 heavy (non-hydrogen) atoms. The van der Waals surface area contributed by atoms with Crippen LogP contribution in [-0.2, 0) is 9.53 Å². The normalized spacial score (nSPS) is 11.5. The summed E-state index contributed by atoms with van der Waals surface area (Å²) in [6.07, 6.45) is 3.00. The third-order valence-corrected chi connectivity index (χ3v) is 3.53. The van der Waals surface area contributed by atoms with E-state index in [1.54, 1.807) is 51.1 Å². The van der Waals surface area contributed by atoms with Gasteiger partial charge in [-0.25, -0.2) is 4.79 Å². The van der Waals surface area contributed by atoms with Gasteiger partial charge in [-0.3, -0.25) is 9.69 Å². The van der Waals surface area contributed by atoms with Gasteiger partial charge >= 0.3 is 6.09 Å². The molecule has 7 nitrogen and oxygen atoms in total. The average molecular weight is 390 g/mol. The second kappa shape index (κ2) is 11.1. The molecule has 0 radical (unpaired) electrons. The number of anilines is 1. The number of ether oxygens (including phenoxy) is 2. The van der Waals surface area contributed by atoms with Crippen molar-refractivity contribution in [3.05, 3.63) is 48.6 Å². The molecule has 0 heterocycles. The number of allylic oxidation sites excluding steroid dienone is 1. The minimum atomic E-state index is -0.685. The molecule has 0 saturated carbocycles. The highest BCUT2D eigenvalue weighted by atomic mass is 16.6. The van der Waals surface area contributed by atoms with Gasteiger partial charge in [0, 0.05) is 12.2 Å². The van der Waals surface area contributed by atoms with E-state index in [9.17, 15) is 9.59 Å². The summed E-state index contributed by atoms with van der Waals surface area (Å²) in [6.45, 7) is 10.8. The lowest BCUT2D eigenvalue weighted by atomic mass is 10.2. The zero-order chi connectivity index (χ0) is 21.2. The molecular weight excluding hydrogens is 360 g/mol. The quantitative estimate of drug-likeness (QED) is 0.631. The Morgan fingerprint density at radius 3 is 2.39 bits per heavy atom. The van der Waals surface area contributed by atoms with Gasteiger partial charge in [-0.1, -0.05) is 18.7 Å². The van der Waals surface area contributed by atoms with Crippen LogP contribution in [0.4, 0.5) is 10.5 Å². The lowest BCUT2D eigenvalue weighted by molar-refractivity contribution is -0.117. The molecule has 0 unspecified atom stereocenters. The summed E-state index contributed by atoms with van der Waals surface area (Å²) < 4.78 is 10.9. The van der Waals surface area contributed by atoms with Crippen molar-refractivity contribution in [2.45, 2.75) is 33.3 Å². The lowest BCUT2D eigenvalue weighted by Gasteiger charge is -2.26. The Balaban J connectivity index is 2.62. The number of aliphatic hydroxyl groups is 1. The molecule has 1 rings (SSSR count). The van der Waals surface area contributed by atoms with Crippen molar-refractivity contribution in [1.82, 2.24) is 4.90 Å². The fourth-order valence-electron chi connectivity index (χ4n) is 2.12. The van der Waals surface area contributed by atoms with Crippen molar-refractivity contribution in [1.29, 1.82) is 0 Å². The van der Waals surface area contributed by atoms with Gasteiger partial charge in [0.2, 0.25) is 5.91 Å². The number of rotatable bonds is 9. The van der Waals surface area contributed by atoms with Gasteiger partial charge < -0.3 is 19.9 Å². The third kappa shape index (κ3) is 8.73. The molecule has 0 bridgehead atoms. The van der Waals surface area contributed by atoms with E-state index in [0.29, 0.717) is 18.0 Å². The number of carbonyl (C=O) groups is 2. The molecular formula is C21H30N2O5. The maximum atomic E-state index is 12.3. The molecule has 0 aliphatic heterocycles. The monoisotopic (exact) mass is 390 g/mol. The molecule has 2 N–H and O–H groups in total. The fourth-order valence-corrected chi connectivity index (χ4v) is 2.12. The summed E-state index contributed by atoms with van der Waals surface area (Å²) in [6, 6.07) is 6.90. The van der Waals surface area contributed by atoms with E-state index in [1.165, 1.54) is 0 Å². The lowest BCUT2D eigenvalue weighted by Crippen LogP contribution is -2.42. The van der Waals surface area contributed by atoms with Crippen LogP contribution in [0.25, 0.3) is 0 Å². The third-order valence-electron chi connectivity index (χ3n) is 3.53.